The lowest BCUT2D eigenvalue weighted by Crippen LogP contribution is -2.71. The molecule has 234 valence electrons. The molecule has 3 fully saturated rings. The predicted octanol–water partition coefficient (Wildman–Crippen LogP) is 4.35. The van der Waals surface area contributed by atoms with Gasteiger partial charge in [0.2, 0.25) is 0 Å². The number of methoxy groups -OCH3 is 2. The third-order valence-electron chi connectivity index (χ3n) is 11.2. The Morgan fingerprint density at radius 3 is 2.57 bits per heavy atom. The molecular formula is C33H49NO8. The fourth-order valence-electron chi connectivity index (χ4n) is 8.44. The number of ether oxygens (including phenoxy) is 6. The van der Waals surface area contributed by atoms with E-state index in [0.717, 1.165) is 38.3 Å². The highest BCUT2D eigenvalue weighted by Crippen LogP contribution is 2.66. The van der Waals surface area contributed by atoms with E-state index in [-0.39, 0.29) is 42.2 Å². The van der Waals surface area contributed by atoms with Crippen LogP contribution in [0.5, 0.6) is 11.5 Å². The van der Waals surface area contributed by atoms with E-state index in [9.17, 15) is 9.90 Å². The van der Waals surface area contributed by atoms with Crippen LogP contribution in [0.4, 0.5) is 4.79 Å². The smallest absolute Gasteiger partial charge is 0.483 e. The van der Waals surface area contributed by atoms with Crippen LogP contribution in [-0.2, 0) is 30.8 Å². The Morgan fingerprint density at radius 2 is 1.88 bits per heavy atom. The second-order valence-electron chi connectivity index (χ2n) is 14.3. The van der Waals surface area contributed by atoms with E-state index in [1.54, 1.807) is 14.2 Å². The van der Waals surface area contributed by atoms with E-state index in [4.69, 9.17) is 28.4 Å². The summed E-state index contributed by atoms with van der Waals surface area (Å²) in [5, 5.41) is 12.1. The molecule has 1 spiro atoms. The summed E-state index contributed by atoms with van der Waals surface area (Å²) in [7, 11) is 3.35. The number of nitrogens with zero attached hydrogens (tertiary/aromatic N) is 1. The Bertz CT molecular complexity index is 1160. The van der Waals surface area contributed by atoms with Gasteiger partial charge in [-0.3, -0.25) is 4.90 Å². The molecule has 2 saturated carbocycles. The van der Waals surface area contributed by atoms with Crippen LogP contribution in [0.25, 0.3) is 0 Å². The van der Waals surface area contributed by atoms with Gasteiger partial charge in [0.25, 0.3) is 0 Å². The number of hydrogen-bond donors (Lipinski definition) is 1. The highest BCUT2D eigenvalue weighted by Gasteiger charge is 2.70. The summed E-state index contributed by atoms with van der Waals surface area (Å²) in [6.45, 7) is 11.7. The normalized spacial score (nSPS) is 33.0. The van der Waals surface area contributed by atoms with E-state index in [1.165, 1.54) is 24.0 Å². The summed E-state index contributed by atoms with van der Waals surface area (Å²) in [4.78, 5) is 15.4. The zero-order chi connectivity index (χ0) is 29.9. The third kappa shape index (κ3) is 4.93. The highest BCUT2D eigenvalue weighted by molar-refractivity contribution is 5.69. The molecule has 0 aromatic heterocycles. The van der Waals surface area contributed by atoms with Crippen molar-refractivity contribution in [2.24, 2.45) is 23.2 Å². The van der Waals surface area contributed by atoms with Crippen molar-refractivity contribution in [1.82, 2.24) is 4.90 Å². The molecule has 1 saturated heterocycles. The lowest BCUT2D eigenvalue weighted by Gasteiger charge is -2.63. The number of hydrogen-bond acceptors (Lipinski definition) is 9. The summed E-state index contributed by atoms with van der Waals surface area (Å²) >= 11 is 0. The van der Waals surface area contributed by atoms with Crippen molar-refractivity contribution in [2.45, 2.75) is 89.1 Å². The molecule has 2 unspecified atom stereocenters. The predicted molar refractivity (Wildman–Crippen MR) is 156 cm³/mol. The van der Waals surface area contributed by atoms with Gasteiger partial charge in [0.05, 0.1) is 25.4 Å². The van der Waals surface area contributed by atoms with Crippen LogP contribution in [0.2, 0.25) is 0 Å². The van der Waals surface area contributed by atoms with Gasteiger partial charge in [0.1, 0.15) is 18.8 Å². The summed E-state index contributed by atoms with van der Waals surface area (Å²) in [6.07, 6.45) is 4.04. The van der Waals surface area contributed by atoms with Gasteiger partial charge in [0, 0.05) is 43.7 Å². The van der Waals surface area contributed by atoms with E-state index < -0.39 is 11.8 Å². The first kappa shape index (κ1) is 30.1. The zero-order valence-corrected chi connectivity index (χ0v) is 26.1. The Morgan fingerprint density at radius 1 is 1.12 bits per heavy atom. The van der Waals surface area contributed by atoms with E-state index in [0.29, 0.717) is 36.7 Å². The minimum absolute atomic E-state index is 0.0894. The molecule has 0 radical (unpaired) electrons. The molecule has 3 aliphatic carbocycles. The van der Waals surface area contributed by atoms with Crippen LogP contribution in [0.15, 0.2) is 12.1 Å². The standard InChI is InChI=1S/C33H49NO8/c1-31(2,3)32(4,36)23-18-22-24-17-21-9-10-25(41-30(35)40-16-15-39-14-13-37-5)28-26(21)33(22,29(42-28)27(23)38-6)11-12-34(24)19-20-7-8-20/h9-10,20,22-24,27,29,36H,7-8,11-19H2,1-6H3/t22?,23-,24+,27+,29-,32-,33?/m0/s1. The lowest BCUT2D eigenvalue weighted by atomic mass is 9.47. The second-order valence-corrected chi connectivity index (χ2v) is 14.3. The molecule has 0 amide bonds. The maximum Gasteiger partial charge on any atom is 0.514 e. The minimum atomic E-state index is -0.974. The Hall–Kier alpha value is -1.91. The Labute approximate surface area is 250 Å². The highest BCUT2D eigenvalue weighted by atomic mass is 16.7. The van der Waals surface area contributed by atoms with Crippen molar-refractivity contribution >= 4 is 6.16 Å². The van der Waals surface area contributed by atoms with Crippen molar-refractivity contribution < 1.29 is 38.3 Å². The zero-order valence-electron chi connectivity index (χ0n) is 26.1. The number of rotatable bonds is 11. The maximum absolute atomic E-state index is 12.7. The third-order valence-corrected chi connectivity index (χ3v) is 11.2. The number of carbonyl (C=O) groups is 1. The minimum Gasteiger partial charge on any atom is -0.483 e. The first-order valence-corrected chi connectivity index (χ1v) is 15.8. The summed E-state index contributed by atoms with van der Waals surface area (Å²) in [5.74, 6) is 2.03. The van der Waals surface area contributed by atoms with Crippen LogP contribution < -0.4 is 9.47 Å². The SMILES string of the molecule is COCCOCCOC(=O)Oc1ccc2c3c1O[C@H]1[C@H](OC)[C@@H]([C@](C)(O)C(C)(C)C)CC4[C@@H](C2)N(CC2CC2)CCC341. The first-order valence-electron chi connectivity index (χ1n) is 15.8. The molecule has 5 aliphatic rings. The van der Waals surface area contributed by atoms with Gasteiger partial charge >= 0.3 is 6.16 Å². The quantitative estimate of drug-likeness (QED) is 0.230. The molecule has 1 N–H and O–H groups in total. The largest absolute Gasteiger partial charge is 0.514 e. The first-order chi connectivity index (χ1) is 20.0. The Kier molecular flexibility index (Phi) is 8.05. The van der Waals surface area contributed by atoms with E-state index in [1.807, 2.05) is 13.0 Å². The van der Waals surface area contributed by atoms with Gasteiger partial charge in [0.15, 0.2) is 11.5 Å². The lowest BCUT2D eigenvalue weighted by molar-refractivity contribution is -0.206. The monoisotopic (exact) mass is 587 g/mol. The molecule has 9 heteroatoms. The van der Waals surface area contributed by atoms with Crippen molar-refractivity contribution in [1.29, 1.82) is 0 Å². The average molecular weight is 588 g/mol. The van der Waals surface area contributed by atoms with Crippen molar-refractivity contribution in [3.05, 3.63) is 23.3 Å². The topological polar surface area (TPSA) is 95.9 Å². The van der Waals surface area contributed by atoms with Crippen LogP contribution in [0.1, 0.15) is 64.5 Å². The number of carbonyl (C=O) groups excluding carboxylic acids is 1. The number of benzene rings is 1. The summed E-state index contributed by atoms with van der Waals surface area (Å²) in [5.41, 5.74) is 0.884. The molecule has 9 nitrogen and oxygen atoms in total. The molecule has 6 rings (SSSR count). The van der Waals surface area contributed by atoms with Gasteiger partial charge < -0.3 is 33.5 Å². The number of likely N-dealkylation sites (tertiary alicyclic amines) is 1. The summed E-state index contributed by atoms with van der Waals surface area (Å²) in [6, 6.07) is 4.35. The van der Waals surface area contributed by atoms with E-state index in [2.05, 4.69) is 31.7 Å². The molecule has 1 aromatic carbocycles. The number of piperidine rings is 1. The number of aliphatic hydroxyl groups is 1. The summed E-state index contributed by atoms with van der Waals surface area (Å²) < 4.78 is 34.6. The molecule has 2 aliphatic heterocycles. The molecule has 1 aromatic rings. The van der Waals surface area contributed by atoms with Crippen molar-refractivity contribution in [3.8, 4) is 11.5 Å². The molecule has 2 bridgehead atoms. The molecular weight excluding hydrogens is 538 g/mol. The fraction of sp³-hybridized carbons (Fsp3) is 0.788. The molecule has 2 heterocycles. The van der Waals surface area contributed by atoms with Crippen LogP contribution in [-0.4, -0.2) is 93.7 Å². The van der Waals surface area contributed by atoms with E-state index >= 15 is 0 Å². The molecule has 7 atom stereocenters. The van der Waals surface area contributed by atoms with Gasteiger partial charge in [-0.15, -0.1) is 0 Å². The van der Waals surface area contributed by atoms with Crippen LogP contribution >= 0.6 is 0 Å². The van der Waals surface area contributed by atoms with Crippen LogP contribution in [0.3, 0.4) is 0 Å². The Balaban J connectivity index is 1.33. The maximum atomic E-state index is 12.7. The van der Waals surface area contributed by atoms with Crippen LogP contribution in [0, 0.1) is 23.2 Å². The van der Waals surface area contributed by atoms with Gasteiger partial charge in [-0.1, -0.05) is 26.8 Å². The average Bonchev–Trinajstić information content (AvgIpc) is 3.69. The molecule has 42 heavy (non-hydrogen) atoms. The second kappa shape index (κ2) is 11.2. The van der Waals surface area contributed by atoms with Crippen molar-refractivity contribution in [3.63, 3.8) is 0 Å². The van der Waals surface area contributed by atoms with Gasteiger partial charge in [-0.25, -0.2) is 4.79 Å². The van der Waals surface area contributed by atoms with Gasteiger partial charge in [-0.05, 0) is 74.5 Å². The fourth-order valence-corrected chi connectivity index (χ4v) is 8.44. The van der Waals surface area contributed by atoms with Crippen molar-refractivity contribution in [2.75, 3.05) is 53.7 Å². The van der Waals surface area contributed by atoms with Gasteiger partial charge in [-0.2, -0.15) is 0 Å².